The number of esters is 1. The van der Waals surface area contributed by atoms with Crippen LogP contribution in [0, 0.1) is 0 Å². The second-order valence-corrected chi connectivity index (χ2v) is 4.55. The van der Waals surface area contributed by atoms with E-state index >= 15 is 0 Å². The van der Waals surface area contributed by atoms with Crippen LogP contribution < -0.4 is 0 Å². The van der Waals surface area contributed by atoms with Gasteiger partial charge in [0.15, 0.2) is 5.78 Å². The SMILES string of the molecule is CC(=O)OC/C(Cc1ccccc1)=C1\C=CC(=O)C1. The molecule has 2 rings (SSSR count). The van der Waals surface area contributed by atoms with Gasteiger partial charge in [-0.1, -0.05) is 36.4 Å². The van der Waals surface area contributed by atoms with E-state index in [-0.39, 0.29) is 18.4 Å². The molecule has 0 atom stereocenters. The van der Waals surface area contributed by atoms with Gasteiger partial charge in [0.1, 0.15) is 6.61 Å². The Kier molecular flexibility index (Phi) is 4.29. The summed E-state index contributed by atoms with van der Waals surface area (Å²) in [5.41, 5.74) is 3.10. The first-order valence-corrected chi connectivity index (χ1v) is 6.24. The van der Waals surface area contributed by atoms with E-state index in [0.29, 0.717) is 12.8 Å². The van der Waals surface area contributed by atoms with Crippen LogP contribution in [0.2, 0.25) is 0 Å². The predicted molar refractivity (Wildman–Crippen MR) is 72.6 cm³/mol. The number of hydrogen-bond donors (Lipinski definition) is 0. The summed E-state index contributed by atoms with van der Waals surface area (Å²) in [6.07, 6.45) is 4.50. The Morgan fingerprint density at radius 3 is 2.53 bits per heavy atom. The van der Waals surface area contributed by atoms with E-state index in [4.69, 9.17) is 4.74 Å². The summed E-state index contributed by atoms with van der Waals surface area (Å²) in [5.74, 6) is -0.206. The number of rotatable bonds is 4. The third kappa shape index (κ3) is 3.91. The van der Waals surface area contributed by atoms with Crippen LogP contribution in [-0.4, -0.2) is 18.4 Å². The fourth-order valence-electron chi connectivity index (χ4n) is 2.03. The molecule has 0 spiro atoms. The summed E-state index contributed by atoms with van der Waals surface area (Å²) in [6.45, 7) is 1.64. The first-order chi connectivity index (χ1) is 9.15. The summed E-state index contributed by atoms with van der Waals surface area (Å²) in [6, 6.07) is 9.95. The molecule has 1 aromatic rings. The molecule has 0 heterocycles. The molecule has 3 nitrogen and oxygen atoms in total. The van der Waals surface area contributed by atoms with Crippen molar-refractivity contribution in [1.29, 1.82) is 0 Å². The van der Waals surface area contributed by atoms with Crippen molar-refractivity contribution in [3.63, 3.8) is 0 Å². The Bertz CT molecular complexity index is 538. The molecule has 0 saturated carbocycles. The smallest absolute Gasteiger partial charge is 0.302 e. The number of hydrogen-bond acceptors (Lipinski definition) is 3. The van der Waals surface area contributed by atoms with Crippen molar-refractivity contribution in [3.8, 4) is 0 Å². The van der Waals surface area contributed by atoms with Gasteiger partial charge < -0.3 is 4.74 Å². The van der Waals surface area contributed by atoms with E-state index in [0.717, 1.165) is 16.7 Å². The maximum Gasteiger partial charge on any atom is 0.302 e. The molecule has 0 amide bonds. The monoisotopic (exact) mass is 256 g/mol. The number of ether oxygens (including phenoxy) is 1. The highest BCUT2D eigenvalue weighted by molar-refractivity contribution is 5.96. The third-order valence-corrected chi connectivity index (χ3v) is 3.00. The fourth-order valence-corrected chi connectivity index (χ4v) is 2.03. The zero-order chi connectivity index (χ0) is 13.7. The predicted octanol–water partition coefficient (Wildman–Crippen LogP) is 2.62. The summed E-state index contributed by atoms with van der Waals surface area (Å²) < 4.78 is 5.08. The molecular formula is C16H16O3. The van der Waals surface area contributed by atoms with Crippen LogP contribution in [0.1, 0.15) is 18.9 Å². The molecule has 3 heteroatoms. The first-order valence-electron chi connectivity index (χ1n) is 6.24. The van der Waals surface area contributed by atoms with Crippen molar-refractivity contribution in [3.05, 3.63) is 59.2 Å². The minimum Gasteiger partial charge on any atom is -0.461 e. The van der Waals surface area contributed by atoms with Crippen LogP contribution in [0.25, 0.3) is 0 Å². The van der Waals surface area contributed by atoms with Gasteiger partial charge in [-0.2, -0.15) is 0 Å². The van der Waals surface area contributed by atoms with Crippen molar-refractivity contribution in [2.24, 2.45) is 0 Å². The van der Waals surface area contributed by atoms with Gasteiger partial charge in [-0.3, -0.25) is 9.59 Å². The number of allylic oxidation sites excluding steroid dienone is 3. The van der Waals surface area contributed by atoms with Crippen LogP contribution in [-0.2, 0) is 20.7 Å². The summed E-state index contributed by atoms with van der Waals surface area (Å²) in [4.78, 5) is 22.3. The van der Waals surface area contributed by atoms with Crippen molar-refractivity contribution >= 4 is 11.8 Å². The normalized spacial score (nSPS) is 16.6. The molecule has 0 radical (unpaired) electrons. The Morgan fingerprint density at radius 2 is 1.95 bits per heavy atom. The fraction of sp³-hybridized carbons (Fsp3) is 0.250. The Morgan fingerprint density at radius 1 is 1.21 bits per heavy atom. The van der Waals surface area contributed by atoms with Gasteiger partial charge in [0.25, 0.3) is 0 Å². The van der Waals surface area contributed by atoms with Crippen LogP contribution >= 0.6 is 0 Å². The van der Waals surface area contributed by atoms with Gasteiger partial charge in [-0.25, -0.2) is 0 Å². The minimum atomic E-state index is -0.306. The molecule has 0 aromatic heterocycles. The summed E-state index contributed by atoms with van der Waals surface area (Å²) in [7, 11) is 0. The lowest BCUT2D eigenvalue weighted by molar-refractivity contribution is -0.140. The standard InChI is InChI=1S/C16H16O3/c1-12(17)19-11-15(14-7-8-16(18)10-14)9-13-5-3-2-4-6-13/h2-8H,9-11H2,1H3/b15-14+. The molecule has 1 aliphatic carbocycles. The van der Waals surface area contributed by atoms with Gasteiger partial charge in [0.2, 0.25) is 0 Å². The van der Waals surface area contributed by atoms with Crippen LogP contribution in [0.4, 0.5) is 0 Å². The van der Waals surface area contributed by atoms with E-state index in [1.807, 2.05) is 36.4 Å². The molecule has 0 saturated heterocycles. The van der Waals surface area contributed by atoms with E-state index in [1.54, 1.807) is 6.08 Å². The number of benzene rings is 1. The quantitative estimate of drug-likeness (QED) is 0.778. The zero-order valence-corrected chi connectivity index (χ0v) is 10.9. The lowest BCUT2D eigenvalue weighted by Gasteiger charge is -2.11. The summed E-state index contributed by atoms with van der Waals surface area (Å²) in [5, 5.41) is 0. The Labute approximate surface area is 112 Å². The van der Waals surface area contributed by atoms with Gasteiger partial charge >= 0.3 is 5.97 Å². The first kappa shape index (κ1) is 13.3. The van der Waals surface area contributed by atoms with Gasteiger partial charge in [-0.15, -0.1) is 0 Å². The summed E-state index contributed by atoms with van der Waals surface area (Å²) >= 11 is 0. The molecular weight excluding hydrogens is 240 g/mol. The molecule has 98 valence electrons. The second kappa shape index (κ2) is 6.14. The van der Waals surface area contributed by atoms with Gasteiger partial charge in [0, 0.05) is 13.3 Å². The van der Waals surface area contributed by atoms with E-state index < -0.39 is 0 Å². The average molecular weight is 256 g/mol. The number of ketones is 1. The van der Waals surface area contributed by atoms with Crippen molar-refractivity contribution in [2.75, 3.05) is 6.61 Å². The molecule has 0 unspecified atom stereocenters. The molecule has 0 aliphatic heterocycles. The Hall–Kier alpha value is -2.16. The van der Waals surface area contributed by atoms with Crippen LogP contribution in [0.3, 0.4) is 0 Å². The van der Waals surface area contributed by atoms with E-state index in [9.17, 15) is 9.59 Å². The minimum absolute atomic E-state index is 0.100. The maximum atomic E-state index is 11.3. The largest absolute Gasteiger partial charge is 0.461 e. The maximum absolute atomic E-state index is 11.3. The average Bonchev–Trinajstić information content (AvgIpc) is 2.82. The Balaban J connectivity index is 2.17. The van der Waals surface area contributed by atoms with Crippen molar-refractivity contribution in [2.45, 2.75) is 19.8 Å². The highest BCUT2D eigenvalue weighted by Gasteiger charge is 2.14. The topological polar surface area (TPSA) is 43.4 Å². The van der Waals surface area contributed by atoms with Gasteiger partial charge in [0.05, 0.1) is 0 Å². The molecule has 19 heavy (non-hydrogen) atoms. The zero-order valence-electron chi connectivity index (χ0n) is 10.9. The number of carbonyl (C=O) groups is 2. The number of carbonyl (C=O) groups excluding carboxylic acids is 2. The molecule has 0 fully saturated rings. The van der Waals surface area contributed by atoms with E-state index in [1.165, 1.54) is 6.92 Å². The second-order valence-electron chi connectivity index (χ2n) is 4.55. The highest BCUT2D eigenvalue weighted by atomic mass is 16.5. The molecule has 1 aromatic carbocycles. The molecule has 1 aliphatic rings. The third-order valence-electron chi connectivity index (χ3n) is 3.00. The van der Waals surface area contributed by atoms with Crippen LogP contribution in [0.5, 0.6) is 0 Å². The van der Waals surface area contributed by atoms with E-state index in [2.05, 4.69) is 0 Å². The van der Waals surface area contributed by atoms with Crippen molar-refractivity contribution < 1.29 is 14.3 Å². The van der Waals surface area contributed by atoms with Crippen molar-refractivity contribution in [1.82, 2.24) is 0 Å². The highest BCUT2D eigenvalue weighted by Crippen LogP contribution is 2.21. The van der Waals surface area contributed by atoms with Crippen LogP contribution in [0.15, 0.2) is 53.6 Å². The molecule has 0 N–H and O–H groups in total. The molecule has 0 bridgehead atoms. The lowest BCUT2D eigenvalue weighted by Crippen LogP contribution is -2.07. The lowest BCUT2D eigenvalue weighted by atomic mass is 10.00. The van der Waals surface area contributed by atoms with Gasteiger partial charge in [-0.05, 0) is 29.2 Å².